The molecule has 1 unspecified atom stereocenters. The van der Waals surface area contributed by atoms with E-state index in [1.54, 1.807) is 17.0 Å². The zero-order chi connectivity index (χ0) is 27.4. The first-order valence-corrected chi connectivity index (χ1v) is 13.5. The lowest BCUT2D eigenvalue weighted by Gasteiger charge is -2.33. The second-order valence-electron chi connectivity index (χ2n) is 9.68. The molecule has 0 spiro atoms. The second-order valence-corrected chi connectivity index (χ2v) is 10.1. The van der Waals surface area contributed by atoms with Gasteiger partial charge in [0.05, 0.1) is 5.69 Å². The van der Waals surface area contributed by atoms with Gasteiger partial charge in [-0.25, -0.2) is 0 Å². The number of benzene rings is 4. The normalized spacial score (nSPS) is 13.0. The second kappa shape index (κ2) is 11.7. The third kappa shape index (κ3) is 5.52. The smallest absolute Gasteiger partial charge is 0.259 e. The third-order valence-electron chi connectivity index (χ3n) is 7.06. The maximum atomic E-state index is 14.1. The lowest BCUT2D eigenvalue weighted by atomic mass is 10.0. The van der Waals surface area contributed by atoms with E-state index in [0.717, 1.165) is 28.3 Å². The van der Waals surface area contributed by atoms with Crippen LogP contribution in [0.4, 0.5) is 5.69 Å². The number of nitrogens with zero attached hydrogens (tertiary/aromatic N) is 2. The van der Waals surface area contributed by atoms with Crippen LogP contribution in [0.25, 0.3) is 10.8 Å². The number of hydrogen-bond acceptors (Lipinski definition) is 3. The van der Waals surface area contributed by atoms with E-state index in [1.165, 1.54) is 4.90 Å². The van der Waals surface area contributed by atoms with E-state index in [9.17, 15) is 14.4 Å². The molecule has 6 nitrogen and oxygen atoms in total. The minimum absolute atomic E-state index is 0.134. The first kappa shape index (κ1) is 26.4. The summed E-state index contributed by atoms with van der Waals surface area (Å²) < 4.78 is 0. The molecule has 39 heavy (non-hydrogen) atoms. The van der Waals surface area contributed by atoms with Crippen LogP contribution in [0, 0.1) is 0 Å². The van der Waals surface area contributed by atoms with Crippen LogP contribution in [0.15, 0.2) is 91.0 Å². The Balaban J connectivity index is 1.51. The molecule has 1 N–H and O–H groups in total. The molecule has 4 aromatic carbocycles. The fraction of sp³-hybridized carbons (Fsp3) is 0.219. The average molecular weight is 540 g/mol. The van der Waals surface area contributed by atoms with Crippen molar-refractivity contribution in [3.63, 3.8) is 0 Å². The molecule has 0 aromatic heterocycles. The lowest BCUT2D eigenvalue weighted by Crippen LogP contribution is -2.53. The van der Waals surface area contributed by atoms with E-state index in [4.69, 9.17) is 11.6 Å². The van der Waals surface area contributed by atoms with Crippen molar-refractivity contribution >= 4 is 45.8 Å². The average Bonchev–Trinajstić information content (AvgIpc) is 3.23. The van der Waals surface area contributed by atoms with Crippen molar-refractivity contribution in [3.05, 3.63) is 113 Å². The van der Waals surface area contributed by atoms with Crippen LogP contribution >= 0.6 is 11.6 Å². The Kier molecular flexibility index (Phi) is 7.94. The zero-order valence-electron chi connectivity index (χ0n) is 21.8. The van der Waals surface area contributed by atoms with E-state index in [-0.39, 0.29) is 30.8 Å². The molecule has 0 radical (unpaired) electrons. The predicted octanol–water partition coefficient (Wildman–Crippen LogP) is 5.62. The van der Waals surface area contributed by atoms with Crippen LogP contribution in [-0.2, 0) is 22.6 Å². The number of hydrogen-bond donors (Lipinski definition) is 1. The van der Waals surface area contributed by atoms with Crippen molar-refractivity contribution < 1.29 is 14.4 Å². The number of halogens is 1. The third-order valence-corrected chi connectivity index (χ3v) is 7.43. The van der Waals surface area contributed by atoms with Crippen LogP contribution in [0.3, 0.4) is 0 Å². The molecular formula is C32H30ClN3O3. The molecular weight excluding hydrogens is 510 g/mol. The summed E-state index contributed by atoms with van der Waals surface area (Å²) in [7, 11) is 0. The van der Waals surface area contributed by atoms with Crippen LogP contribution in [-0.4, -0.2) is 41.8 Å². The Bertz CT molecular complexity index is 1520. The van der Waals surface area contributed by atoms with E-state index in [2.05, 4.69) is 5.32 Å². The fourth-order valence-electron chi connectivity index (χ4n) is 5.09. The minimum Gasteiger partial charge on any atom is -0.354 e. The van der Waals surface area contributed by atoms with E-state index in [0.29, 0.717) is 29.2 Å². The van der Waals surface area contributed by atoms with Crippen molar-refractivity contribution in [2.24, 2.45) is 0 Å². The Morgan fingerprint density at radius 2 is 1.64 bits per heavy atom. The van der Waals surface area contributed by atoms with Crippen molar-refractivity contribution in [1.29, 1.82) is 0 Å². The first-order chi connectivity index (χ1) is 19.0. The molecule has 0 aliphatic carbocycles. The minimum atomic E-state index is -0.793. The molecule has 0 saturated carbocycles. The summed E-state index contributed by atoms with van der Waals surface area (Å²) in [5.41, 5.74) is 2.94. The monoisotopic (exact) mass is 539 g/mol. The first-order valence-electron chi connectivity index (χ1n) is 13.2. The van der Waals surface area contributed by atoms with Crippen molar-refractivity contribution in [3.8, 4) is 0 Å². The highest BCUT2D eigenvalue weighted by Crippen LogP contribution is 2.37. The largest absolute Gasteiger partial charge is 0.354 e. The van der Waals surface area contributed by atoms with Gasteiger partial charge in [0.1, 0.15) is 12.6 Å². The molecule has 1 heterocycles. The number of anilines is 1. The zero-order valence-corrected chi connectivity index (χ0v) is 22.5. The SMILES string of the molecule is CCCNC(=O)C(Cc1ccccc1)N(Cc1ccccc1Cl)C(=O)CN1C(=O)c2cccc3cccc1c23. The van der Waals surface area contributed by atoms with Gasteiger partial charge in [-0.3, -0.25) is 19.3 Å². The standard InChI is InChI=1S/C32H30ClN3O3/c1-2-18-34-31(38)28(19-22-10-4-3-5-11-22)35(20-24-12-6-7-16-26(24)33)29(37)21-36-27-17-9-14-23-13-8-15-25(30(23)27)32(36)39/h3-17,28H,2,18-21H2,1H3,(H,34,38). The van der Waals surface area contributed by atoms with Crippen molar-refractivity contribution in [1.82, 2.24) is 10.2 Å². The van der Waals surface area contributed by atoms with Crippen LogP contribution in [0.5, 0.6) is 0 Å². The number of rotatable bonds is 10. The molecule has 0 saturated heterocycles. The summed E-state index contributed by atoms with van der Waals surface area (Å²) in [5.74, 6) is -0.789. The van der Waals surface area contributed by atoms with Crippen LogP contribution < -0.4 is 10.2 Å². The molecule has 3 amide bonds. The molecule has 1 atom stereocenters. The van der Waals surface area contributed by atoms with Gasteiger partial charge in [-0.2, -0.15) is 0 Å². The molecule has 0 fully saturated rings. The van der Waals surface area contributed by atoms with Gasteiger partial charge in [-0.15, -0.1) is 0 Å². The van der Waals surface area contributed by atoms with Gasteiger partial charge in [0, 0.05) is 35.5 Å². The molecule has 198 valence electrons. The highest BCUT2D eigenvalue weighted by Gasteiger charge is 2.35. The fourth-order valence-corrected chi connectivity index (χ4v) is 5.29. The number of carbonyl (C=O) groups is 3. The summed E-state index contributed by atoms with van der Waals surface area (Å²) in [6.45, 7) is 2.43. The quantitative estimate of drug-likeness (QED) is 0.284. The lowest BCUT2D eigenvalue weighted by molar-refractivity contribution is -0.140. The van der Waals surface area contributed by atoms with Crippen LogP contribution in [0.2, 0.25) is 5.02 Å². The Hall–Kier alpha value is -4.16. The molecule has 1 aliphatic heterocycles. The van der Waals surface area contributed by atoms with Gasteiger partial charge in [-0.1, -0.05) is 91.3 Å². The van der Waals surface area contributed by atoms with Gasteiger partial charge in [-0.05, 0) is 41.1 Å². The van der Waals surface area contributed by atoms with Gasteiger partial charge in [0.2, 0.25) is 11.8 Å². The van der Waals surface area contributed by atoms with E-state index >= 15 is 0 Å². The summed E-state index contributed by atoms with van der Waals surface area (Å²) >= 11 is 6.51. The number of amides is 3. The number of nitrogens with one attached hydrogen (secondary N) is 1. The molecule has 5 rings (SSSR count). The molecule has 4 aromatic rings. The highest BCUT2D eigenvalue weighted by molar-refractivity contribution is 6.31. The van der Waals surface area contributed by atoms with Crippen molar-refractivity contribution in [2.45, 2.75) is 32.4 Å². The Morgan fingerprint density at radius 1 is 0.923 bits per heavy atom. The molecule has 1 aliphatic rings. The molecule has 7 heteroatoms. The van der Waals surface area contributed by atoms with E-state index < -0.39 is 6.04 Å². The van der Waals surface area contributed by atoms with E-state index in [1.807, 2.05) is 85.8 Å². The van der Waals surface area contributed by atoms with Gasteiger partial charge in [0.15, 0.2) is 0 Å². The summed E-state index contributed by atoms with van der Waals surface area (Å²) in [6.07, 6.45) is 1.10. The predicted molar refractivity (Wildman–Crippen MR) is 155 cm³/mol. The highest BCUT2D eigenvalue weighted by atomic mass is 35.5. The van der Waals surface area contributed by atoms with Crippen molar-refractivity contribution in [2.75, 3.05) is 18.0 Å². The maximum absolute atomic E-state index is 14.1. The summed E-state index contributed by atoms with van der Waals surface area (Å²) in [5, 5.41) is 5.28. The maximum Gasteiger partial charge on any atom is 0.259 e. The van der Waals surface area contributed by atoms with Gasteiger partial charge in [0.25, 0.3) is 5.91 Å². The number of carbonyl (C=O) groups excluding carboxylic acids is 3. The van der Waals surface area contributed by atoms with Gasteiger partial charge >= 0.3 is 0 Å². The van der Waals surface area contributed by atoms with Gasteiger partial charge < -0.3 is 10.2 Å². The Labute approximate surface area is 233 Å². The topological polar surface area (TPSA) is 69.7 Å². The summed E-state index contributed by atoms with van der Waals surface area (Å²) in [4.78, 5) is 44.2. The summed E-state index contributed by atoms with van der Waals surface area (Å²) in [6, 6.07) is 27.4. The molecule has 0 bridgehead atoms. The van der Waals surface area contributed by atoms with Crippen LogP contribution in [0.1, 0.15) is 34.8 Å². The Morgan fingerprint density at radius 3 is 2.38 bits per heavy atom.